The Morgan fingerprint density at radius 1 is 1.47 bits per heavy atom. The maximum absolute atomic E-state index is 12.0. The Morgan fingerprint density at radius 2 is 2.26 bits per heavy atom. The van der Waals surface area contributed by atoms with E-state index in [-0.39, 0.29) is 5.97 Å². The fraction of sp³-hybridized carbons (Fsp3) is 0.357. The van der Waals surface area contributed by atoms with Crippen molar-refractivity contribution in [2.75, 3.05) is 7.11 Å². The van der Waals surface area contributed by atoms with Crippen molar-refractivity contribution < 1.29 is 9.53 Å². The van der Waals surface area contributed by atoms with Crippen molar-refractivity contribution in [1.29, 1.82) is 0 Å². The number of carbonyl (C=O) groups is 1. The van der Waals surface area contributed by atoms with E-state index in [0.29, 0.717) is 6.54 Å². The molecule has 5 heteroatoms. The summed E-state index contributed by atoms with van der Waals surface area (Å²) in [6, 6.07) is 5.73. The van der Waals surface area contributed by atoms with Crippen molar-refractivity contribution >= 4 is 28.6 Å². The van der Waals surface area contributed by atoms with Crippen molar-refractivity contribution in [3.63, 3.8) is 0 Å². The van der Waals surface area contributed by atoms with Crippen molar-refractivity contribution in [3.8, 4) is 0 Å². The molecule has 0 spiro atoms. The lowest BCUT2D eigenvalue weighted by atomic mass is 10.1. The predicted molar refractivity (Wildman–Crippen MR) is 79.7 cm³/mol. The third kappa shape index (κ3) is 3.43. The third-order valence-corrected chi connectivity index (χ3v) is 4.75. The Hall–Kier alpha value is -1.17. The van der Waals surface area contributed by atoms with Crippen LogP contribution in [-0.4, -0.2) is 13.1 Å². The van der Waals surface area contributed by atoms with E-state index in [9.17, 15) is 4.79 Å². The normalized spacial score (nSPS) is 12.4. The second-order valence-electron chi connectivity index (χ2n) is 4.29. The Kier molecular flexibility index (Phi) is 4.74. The predicted octanol–water partition coefficient (Wildman–Crippen LogP) is 3.43. The lowest BCUT2D eigenvalue weighted by Gasteiger charge is -2.16. The zero-order valence-electron chi connectivity index (χ0n) is 11.2. The minimum atomic E-state index is -0.392. The molecule has 1 N–H and O–H groups in total. The molecular formula is C14H17NO2S2. The molecule has 2 rings (SSSR count). The molecular weight excluding hydrogens is 278 g/mol. The third-order valence-electron chi connectivity index (χ3n) is 2.89. The second-order valence-corrected chi connectivity index (χ2v) is 6.78. The van der Waals surface area contributed by atoms with Crippen molar-refractivity contribution in [3.05, 3.63) is 43.8 Å². The Labute approximate surface area is 121 Å². The molecule has 19 heavy (non-hydrogen) atoms. The van der Waals surface area contributed by atoms with Crippen molar-refractivity contribution in [1.82, 2.24) is 5.32 Å². The smallest absolute Gasteiger partial charge is 0.327 e. The van der Waals surface area contributed by atoms with Gasteiger partial charge in [0.25, 0.3) is 0 Å². The lowest BCUT2D eigenvalue weighted by molar-refractivity contribution is -0.143. The zero-order valence-corrected chi connectivity index (χ0v) is 12.9. The number of esters is 1. The number of hydrogen-bond donors (Lipinski definition) is 1. The van der Waals surface area contributed by atoms with E-state index in [1.807, 2.05) is 18.4 Å². The van der Waals surface area contributed by atoms with E-state index in [2.05, 4.69) is 24.4 Å². The van der Waals surface area contributed by atoms with Crippen LogP contribution >= 0.6 is 22.7 Å². The van der Waals surface area contributed by atoms with Gasteiger partial charge in [0, 0.05) is 21.2 Å². The van der Waals surface area contributed by atoms with Crippen LogP contribution in [0.4, 0.5) is 0 Å². The number of thiophene rings is 2. The number of nitrogens with one attached hydrogen (secondary N) is 1. The van der Waals surface area contributed by atoms with Crippen LogP contribution in [0.5, 0.6) is 0 Å². The SMILES string of the molecule is COC(=O)C(NCc1cccs1)c1cc(C)sc1C. The van der Waals surface area contributed by atoms with Crippen LogP contribution in [0.15, 0.2) is 23.6 Å². The lowest BCUT2D eigenvalue weighted by Crippen LogP contribution is -2.29. The van der Waals surface area contributed by atoms with E-state index in [0.717, 1.165) is 10.4 Å². The van der Waals surface area contributed by atoms with E-state index in [1.165, 1.54) is 16.9 Å². The Morgan fingerprint density at radius 3 is 2.79 bits per heavy atom. The summed E-state index contributed by atoms with van der Waals surface area (Å²) in [4.78, 5) is 15.5. The van der Waals surface area contributed by atoms with Gasteiger partial charge >= 0.3 is 5.97 Å². The quantitative estimate of drug-likeness (QED) is 0.859. The first-order valence-electron chi connectivity index (χ1n) is 6.02. The molecule has 0 saturated heterocycles. The Balaban J connectivity index is 2.16. The largest absolute Gasteiger partial charge is 0.468 e. The van der Waals surface area contributed by atoms with Crippen LogP contribution in [0, 0.1) is 13.8 Å². The fourth-order valence-corrected chi connectivity index (χ4v) is 3.61. The van der Waals surface area contributed by atoms with Crippen LogP contribution in [0.1, 0.15) is 26.2 Å². The molecule has 102 valence electrons. The minimum Gasteiger partial charge on any atom is -0.468 e. The van der Waals surface area contributed by atoms with Gasteiger partial charge < -0.3 is 4.74 Å². The number of carbonyl (C=O) groups excluding carboxylic acids is 1. The highest BCUT2D eigenvalue weighted by Crippen LogP contribution is 2.27. The molecule has 2 aromatic rings. The van der Waals surface area contributed by atoms with Gasteiger partial charge in [-0.15, -0.1) is 22.7 Å². The average molecular weight is 295 g/mol. The summed E-state index contributed by atoms with van der Waals surface area (Å²) < 4.78 is 4.91. The van der Waals surface area contributed by atoms with Gasteiger partial charge in [-0.1, -0.05) is 6.07 Å². The maximum Gasteiger partial charge on any atom is 0.327 e. The van der Waals surface area contributed by atoms with Gasteiger partial charge in [-0.25, -0.2) is 4.79 Å². The molecule has 0 aliphatic carbocycles. The van der Waals surface area contributed by atoms with Crippen LogP contribution < -0.4 is 5.32 Å². The fourth-order valence-electron chi connectivity index (χ4n) is 1.99. The second kappa shape index (κ2) is 6.32. The van der Waals surface area contributed by atoms with E-state index >= 15 is 0 Å². The first kappa shape index (κ1) is 14.2. The summed E-state index contributed by atoms with van der Waals surface area (Å²) in [5, 5.41) is 5.32. The molecule has 0 aliphatic heterocycles. The molecule has 0 amide bonds. The minimum absolute atomic E-state index is 0.238. The van der Waals surface area contributed by atoms with Crippen LogP contribution in [-0.2, 0) is 16.1 Å². The summed E-state index contributed by atoms with van der Waals surface area (Å²) in [5.41, 5.74) is 1.02. The molecule has 2 heterocycles. The molecule has 0 aliphatic rings. The van der Waals surface area contributed by atoms with Gasteiger partial charge in [0.05, 0.1) is 7.11 Å². The summed E-state index contributed by atoms with van der Waals surface area (Å²) in [5.74, 6) is -0.238. The highest BCUT2D eigenvalue weighted by atomic mass is 32.1. The molecule has 1 atom stereocenters. The molecule has 3 nitrogen and oxygen atoms in total. The van der Waals surface area contributed by atoms with Gasteiger partial charge in [-0.05, 0) is 36.9 Å². The average Bonchev–Trinajstić information content (AvgIpc) is 3.00. The van der Waals surface area contributed by atoms with Crippen molar-refractivity contribution in [2.24, 2.45) is 0 Å². The first-order valence-corrected chi connectivity index (χ1v) is 7.72. The molecule has 0 radical (unpaired) electrons. The Bertz CT molecular complexity index is 546. The van der Waals surface area contributed by atoms with Crippen molar-refractivity contribution in [2.45, 2.75) is 26.4 Å². The molecule has 0 aromatic carbocycles. The van der Waals surface area contributed by atoms with E-state index < -0.39 is 6.04 Å². The molecule has 1 unspecified atom stereocenters. The monoisotopic (exact) mass is 295 g/mol. The highest BCUT2D eigenvalue weighted by Gasteiger charge is 2.24. The van der Waals surface area contributed by atoms with Gasteiger partial charge in [0.15, 0.2) is 0 Å². The number of ether oxygens (including phenoxy) is 1. The van der Waals surface area contributed by atoms with Crippen LogP contribution in [0.2, 0.25) is 0 Å². The van der Waals surface area contributed by atoms with Gasteiger partial charge in [-0.2, -0.15) is 0 Å². The standard InChI is InChI=1S/C14H17NO2S2/c1-9-7-12(10(2)19-9)13(14(16)17-3)15-8-11-5-4-6-18-11/h4-7,13,15H,8H2,1-3H3. The van der Waals surface area contributed by atoms with Gasteiger partial charge in [-0.3, -0.25) is 5.32 Å². The molecule has 0 saturated carbocycles. The van der Waals surface area contributed by atoms with Crippen LogP contribution in [0.3, 0.4) is 0 Å². The summed E-state index contributed by atoms with van der Waals surface area (Å²) in [6.45, 7) is 4.76. The topological polar surface area (TPSA) is 38.3 Å². The molecule has 2 aromatic heterocycles. The summed E-state index contributed by atoms with van der Waals surface area (Å²) in [6.07, 6.45) is 0. The van der Waals surface area contributed by atoms with Crippen LogP contribution in [0.25, 0.3) is 0 Å². The zero-order chi connectivity index (χ0) is 13.8. The number of aryl methyl sites for hydroxylation is 2. The summed E-state index contributed by atoms with van der Waals surface area (Å²) in [7, 11) is 1.43. The number of rotatable bonds is 5. The number of hydrogen-bond acceptors (Lipinski definition) is 5. The van der Waals surface area contributed by atoms with E-state index in [4.69, 9.17) is 4.74 Å². The van der Waals surface area contributed by atoms with E-state index in [1.54, 1.807) is 22.7 Å². The maximum atomic E-state index is 12.0. The van der Waals surface area contributed by atoms with Gasteiger partial charge in [0.1, 0.15) is 6.04 Å². The molecule has 0 bridgehead atoms. The molecule has 0 fully saturated rings. The highest BCUT2D eigenvalue weighted by molar-refractivity contribution is 7.12. The summed E-state index contributed by atoms with van der Waals surface area (Å²) >= 11 is 3.38. The number of methoxy groups -OCH3 is 1. The van der Waals surface area contributed by atoms with Gasteiger partial charge in [0.2, 0.25) is 0 Å². The first-order chi connectivity index (χ1) is 9.11.